The van der Waals surface area contributed by atoms with Crippen LogP contribution >= 0.6 is 0 Å². The van der Waals surface area contributed by atoms with E-state index in [0.717, 1.165) is 56.6 Å². The molecule has 1 aliphatic heterocycles. The first kappa shape index (κ1) is 32.5. The van der Waals surface area contributed by atoms with E-state index in [1.54, 1.807) is 36.5 Å². The van der Waals surface area contributed by atoms with Gasteiger partial charge in [-0.15, -0.1) is 0 Å². The summed E-state index contributed by atoms with van der Waals surface area (Å²) in [7, 11) is 3.93. The van der Waals surface area contributed by atoms with Crippen LogP contribution in [0.4, 0.5) is 17.5 Å². The lowest BCUT2D eigenvalue weighted by atomic mass is 9.89. The Kier molecular flexibility index (Phi) is 13.2. The van der Waals surface area contributed by atoms with Crippen molar-refractivity contribution in [1.29, 1.82) is 0 Å². The van der Waals surface area contributed by atoms with E-state index in [1.165, 1.54) is 0 Å². The fraction of sp³-hybridized carbons (Fsp3) is 0.484. The van der Waals surface area contributed by atoms with Gasteiger partial charge in [0.1, 0.15) is 5.82 Å². The van der Waals surface area contributed by atoms with Crippen LogP contribution in [0.25, 0.3) is 0 Å². The minimum absolute atomic E-state index is 0.0766. The fourth-order valence-electron chi connectivity index (χ4n) is 4.31. The number of carbonyl (C=O) groups is 2. The van der Waals surface area contributed by atoms with Crippen molar-refractivity contribution in [3.63, 3.8) is 0 Å². The lowest BCUT2D eigenvalue weighted by Crippen LogP contribution is -2.56. The number of hydrogen-bond acceptors (Lipinski definition) is 9. The maximum absolute atomic E-state index is 12.3. The average molecular weight is 577 g/mol. The van der Waals surface area contributed by atoms with Crippen LogP contribution in [0.3, 0.4) is 0 Å². The lowest BCUT2D eigenvalue weighted by molar-refractivity contribution is -0.117. The minimum atomic E-state index is -0.474. The first-order valence-electron chi connectivity index (χ1n) is 14.5. The van der Waals surface area contributed by atoms with Gasteiger partial charge < -0.3 is 36.6 Å². The largest absolute Gasteiger partial charge is 0.381 e. The van der Waals surface area contributed by atoms with E-state index in [4.69, 9.17) is 10.5 Å². The smallest absolute Gasteiger partial charge is 0.248 e. The molecule has 11 heteroatoms. The van der Waals surface area contributed by atoms with Crippen LogP contribution in [0.2, 0.25) is 0 Å². The molecule has 0 radical (unpaired) electrons. The maximum Gasteiger partial charge on any atom is 0.248 e. The molecule has 0 unspecified atom stereocenters. The predicted molar refractivity (Wildman–Crippen MR) is 167 cm³/mol. The Labute approximate surface area is 249 Å². The molecule has 1 aromatic carbocycles. The summed E-state index contributed by atoms with van der Waals surface area (Å²) >= 11 is 0. The number of rotatable bonds is 15. The van der Waals surface area contributed by atoms with Gasteiger partial charge in [0.25, 0.3) is 0 Å². The van der Waals surface area contributed by atoms with Gasteiger partial charge >= 0.3 is 0 Å². The summed E-state index contributed by atoms with van der Waals surface area (Å²) in [6, 6.07) is 6.82. The summed E-state index contributed by atoms with van der Waals surface area (Å²) < 4.78 is 5.58. The molecule has 6 N–H and O–H groups in total. The average Bonchev–Trinajstić information content (AvgIpc) is 2.98. The van der Waals surface area contributed by atoms with Crippen molar-refractivity contribution < 1.29 is 14.3 Å². The van der Waals surface area contributed by atoms with Crippen LogP contribution in [0, 0.1) is 11.8 Å². The minimum Gasteiger partial charge on any atom is -0.381 e. The lowest BCUT2D eigenvalue weighted by Gasteiger charge is -2.38. The molecule has 0 saturated carbocycles. The van der Waals surface area contributed by atoms with Crippen molar-refractivity contribution in [2.45, 2.75) is 44.6 Å². The highest BCUT2D eigenvalue weighted by Crippen LogP contribution is 2.21. The number of hydrogen-bond donors (Lipinski definition) is 5. The number of nitrogens with one attached hydrogen (secondary N) is 4. The molecule has 1 aromatic heterocycles. The van der Waals surface area contributed by atoms with Crippen molar-refractivity contribution in [3.05, 3.63) is 53.7 Å². The van der Waals surface area contributed by atoms with E-state index in [0.29, 0.717) is 43.5 Å². The highest BCUT2D eigenvalue weighted by Gasteiger charge is 2.32. The molecule has 0 bridgehead atoms. The number of amides is 2. The molecule has 1 saturated heterocycles. The monoisotopic (exact) mass is 576 g/mol. The Balaban J connectivity index is 1.54. The number of anilines is 3. The van der Waals surface area contributed by atoms with Crippen LogP contribution in [-0.4, -0.2) is 85.7 Å². The summed E-state index contributed by atoms with van der Waals surface area (Å²) in [5, 5.41) is 13.2. The van der Waals surface area contributed by atoms with Crippen molar-refractivity contribution in [1.82, 2.24) is 25.5 Å². The molecule has 3 rings (SSSR count). The molecular formula is C31H44N8O3. The van der Waals surface area contributed by atoms with Gasteiger partial charge in [-0.1, -0.05) is 24.8 Å². The highest BCUT2D eigenvalue weighted by atomic mass is 16.5. The number of ether oxygens (including phenoxy) is 1. The number of likely N-dealkylation sites (N-methyl/N-ethyl adjacent to an activating group) is 1. The van der Waals surface area contributed by atoms with Gasteiger partial charge in [0.15, 0.2) is 0 Å². The molecule has 226 valence electrons. The van der Waals surface area contributed by atoms with Crippen molar-refractivity contribution in [3.8, 4) is 11.8 Å². The third-order valence-electron chi connectivity index (χ3n) is 6.75. The van der Waals surface area contributed by atoms with Gasteiger partial charge in [-0.05, 0) is 70.6 Å². The Bertz CT molecular complexity index is 1250. The van der Waals surface area contributed by atoms with E-state index in [9.17, 15) is 9.59 Å². The molecule has 0 aliphatic carbocycles. The van der Waals surface area contributed by atoms with E-state index >= 15 is 0 Å². The standard InChI is InChI=1S/C31H44N8O3/c1-4-17-33-29-25(22-34-30(38-29)37-26-13-11-24(12-14-26)28(32)41)9-6-5-7-18-36-31(15-20-42-21-16-31)23-35-27(40)10-8-19-39(2)3/h8,10-14,22,36H,4-5,7,15-21,23H2,1-3H3,(H2,32,41)(H,35,40)(H2,33,34,37,38)/b10-8+. The van der Waals surface area contributed by atoms with Gasteiger partial charge in [-0.2, -0.15) is 4.98 Å². The number of carbonyl (C=O) groups excluding carboxylic acids is 2. The zero-order valence-electron chi connectivity index (χ0n) is 25.0. The highest BCUT2D eigenvalue weighted by molar-refractivity contribution is 5.93. The van der Waals surface area contributed by atoms with E-state index < -0.39 is 5.91 Å². The number of unbranched alkanes of at least 4 members (excludes halogenated alkanes) is 1. The molecule has 1 fully saturated rings. The van der Waals surface area contributed by atoms with Crippen molar-refractivity contribution >= 4 is 29.3 Å². The number of nitrogens with zero attached hydrogens (tertiary/aromatic N) is 3. The first-order chi connectivity index (χ1) is 20.3. The van der Waals surface area contributed by atoms with Crippen LogP contribution in [0.15, 0.2) is 42.6 Å². The molecule has 42 heavy (non-hydrogen) atoms. The number of benzene rings is 1. The summed E-state index contributed by atoms with van der Waals surface area (Å²) in [5.41, 5.74) is 7.06. The number of aromatic nitrogens is 2. The zero-order valence-corrected chi connectivity index (χ0v) is 25.0. The van der Waals surface area contributed by atoms with E-state index in [2.05, 4.69) is 50.0 Å². The molecule has 0 atom stereocenters. The third kappa shape index (κ3) is 11.1. The second-order valence-corrected chi connectivity index (χ2v) is 10.6. The number of nitrogens with two attached hydrogens (primary N) is 1. The SMILES string of the molecule is CCCNc1nc(Nc2ccc(C(N)=O)cc2)ncc1C#CCCCNC1(CNC(=O)/C=C/CN(C)C)CCOCC1. The van der Waals surface area contributed by atoms with Crippen LogP contribution in [0.1, 0.15) is 54.9 Å². The Morgan fingerprint density at radius 1 is 1.17 bits per heavy atom. The quantitative estimate of drug-likeness (QED) is 0.123. The molecule has 2 heterocycles. The molecule has 2 aromatic rings. The maximum atomic E-state index is 12.3. The molecule has 1 aliphatic rings. The fourth-order valence-corrected chi connectivity index (χ4v) is 4.31. The first-order valence-corrected chi connectivity index (χ1v) is 14.5. The van der Waals surface area contributed by atoms with Crippen molar-refractivity contribution in [2.24, 2.45) is 5.73 Å². The Hall–Kier alpha value is -3.98. The van der Waals surface area contributed by atoms with Gasteiger partial charge in [0.05, 0.1) is 11.8 Å². The summed E-state index contributed by atoms with van der Waals surface area (Å²) in [4.78, 5) is 34.6. The second-order valence-electron chi connectivity index (χ2n) is 10.6. The van der Waals surface area contributed by atoms with Crippen LogP contribution in [-0.2, 0) is 9.53 Å². The number of primary amides is 1. The molecule has 2 amide bonds. The molecular weight excluding hydrogens is 532 g/mol. The normalized spacial score (nSPS) is 14.3. The van der Waals surface area contributed by atoms with Gasteiger partial charge in [0.2, 0.25) is 17.8 Å². The van der Waals surface area contributed by atoms with E-state index in [-0.39, 0.29) is 11.4 Å². The summed E-state index contributed by atoms with van der Waals surface area (Å²) in [5.74, 6) is 7.02. The predicted octanol–water partition coefficient (Wildman–Crippen LogP) is 2.65. The Morgan fingerprint density at radius 2 is 1.93 bits per heavy atom. The van der Waals surface area contributed by atoms with Crippen LogP contribution < -0.4 is 27.0 Å². The second kappa shape index (κ2) is 17.1. The van der Waals surface area contributed by atoms with Gasteiger partial charge in [0, 0.05) is 62.1 Å². The zero-order chi connectivity index (χ0) is 30.2. The molecule has 11 nitrogen and oxygen atoms in total. The molecule has 0 spiro atoms. The van der Waals surface area contributed by atoms with E-state index in [1.807, 2.05) is 25.1 Å². The van der Waals surface area contributed by atoms with Gasteiger partial charge in [-0.3, -0.25) is 9.59 Å². The summed E-state index contributed by atoms with van der Waals surface area (Å²) in [6.07, 6.45) is 9.38. The van der Waals surface area contributed by atoms with Crippen LogP contribution in [0.5, 0.6) is 0 Å². The van der Waals surface area contributed by atoms with Crippen molar-refractivity contribution in [2.75, 3.05) is 64.1 Å². The third-order valence-corrected chi connectivity index (χ3v) is 6.75. The topological polar surface area (TPSA) is 147 Å². The van der Waals surface area contributed by atoms with Gasteiger partial charge in [-0.25, -0.2) is 4.98 Å². The Morgan fingerprint density at radius 3 is 2.62 bits per heavy atom. The summed E-state index contributed by atoms with van der Waals surface area (Å²) in [6.45, 7) is 6.28.